The molecule has 4 rings (SSSR count). The summed E-state index contributed by atoms with van der Waals surface area (Å²) in [6, 6.07) is 14.0. The third-order valence-corrected chi connectivity index (χ3v) is 6.89. The molecule has 1 aromatic heterocycles. The second-order valence-corrected chi connectivity index (χ2v) is 9.00. The number of nitrogens with two attached hydrogens (primary N) is 1. The molecule has 5 nitrogen and oxygen atoms in total. The molecule has 6 heteroatoms. The molecule has 1 atom stereocenters. The first-order chi connectivity index (χ1) is 14.1. The van der Waals surface area contributed by atoms with Crippen LogP contribution in [0.25, 0.3) is 28.1 Å². The van der Waals surface area contributed by atoms with Crippen molar-refractivity contribution in [2.45, 2.75) is 19.8 Å². The number of amides is 1. The number of nitrogens with one attached hydrogen (secondary N) is 1. The molecule has 3 aromatic rings. The molecule has 0 saturated carbocycles. The van der Waals surface area contributed by atoms with E-state index in [1.54, 1.807) is 0 Å². The fourth-order valence-corrected chi connectivity index (χ4v) is 4.84. The maximum atomic E-state index is 12.1. The number of piperidine rings is 1. The summed E-state index contributed by atoms with van der Waals surface area (Å²) < 4.78 is 14.1. The number of benzene rings is 2. The van der Waals surface area contributed by atoms with Crippen molar-refractivity contribution in [2.24, 2.45) is 5.73 Å². The summed E-state index contributed by atoms with van der Waals surface area (Å²) in [6.07, 6.45) is 5.94. The quantitative estimate of drug-likeness (QED) is 0.625. The molecule has 1 aliphatic heterocycles. The van der Waals surface area contributed by atoms with Crippen molar-refractivity contribution < 1.29 is 9.35 Å². The maximum absolute atomic E-state index is 12.1. The summed E-state index contributed by atoms with van der Waals surface area (Å²) in [5.74, 6) is 0.226. The topological polar surface area (TPSA) is 85.2 Å². The number of fused-ring (bicyclic) bond motifs is 1. The van der Waals surface area contributed by atoms with Gasteiger partial charge in [0, 0.05) is 36.0 Å². The predicted octanol–water partition coefficient (Wildman–Crippen LogP) is 4.10. The van der Waals surface area contributed by atoms with E-state index in [4.69, 9.17) is 5.73 Å². The van der Waals surface area contributed by atoms with Gasteiger partial charge in [-0.3, -0.25) is 4.79 Å². The molecule has 150 valence electrons. The summed E-state index contributed by atoms with van der Waals surface area (Å²) in [7, 11) is 0. The van der Waals surface area contributed by atoms with E-state index < -0.39 is 17.3 Å². The predicted molar refractivity (Wildman–Crippen MR) is 120 cm³/mol. The van der Waals surface area contributed by atoms with Crippen molar-refractivity contribution in [3.63, 3.8) is 0 Å². The Labute approximate surface area is 173 Å². The number of rotatable bonds is 5. The zero-order valence-electron chi connectivity index (χ0n) is 16.5. The van der Waals surface area contributed by atoms with Crippen LogP contribution in [0.2, 0.25) is 0 Å². The Morgan fingerprint density at radius 3 is 2.59 bits per heavy atom. The SMILES string of the molecule is CC[S+]([O-])N1CCC(=Cc2c[nH]c3c(C(N)=O)cc(-c4ccccc4)cc23)CC1. The van der Waals surface area contributed by atoms with Gasteiger partial charge in [0.15, 0.2) is 0 Å². The minimum atomic E-state index is -0.873. The fourth-order valence-electron chi connectivity index (χ4n) is 3.89. The zero-order valence-corrected chi connectivity index (χ0v) is 17.3. The molecular weight excluding hydrogens is 382 g/mol. The molecule has 3 N–H and O–H groups in total. The Morgan fingerprint density at radius 1 is 1.21 bits per heavy atom. The van der Waals surface area contributed by atoms with Crippen LogP contribution in [0.15, 0.2) is 54.2 Å². The highest BCUT2D eigenvalue weighted by molar-refractivity contribution is 7.89. The first-order valence-corrected chi connectivity index (χ1v) is 11.2. The van der Waals surface area contributed by atoms with Crippen molar-refractivity contribution in [1.82, 2.24) is 9.29 Å². The van der Waals surface area contributed by atoms with E-state index in [1.807, 2.05) is 53.8 Å². The second-order valence-electron chi connectivity index (χ2n) is 7.26. The van der Waals surface area contributed by atoms with Crippen LogP contribution in [0.5, 0.6) is 0 Å². The van der Waals surface area contributed by atoms with Crippen LogP contribution in [0.3, 0.4) is 0 Å². The highest BCUT2D eigenvalue weighted by Crippen LogP contribution is 2.31. The average Bonchev–Trinajstić information content (AvgIpc) is 3.16. The van der Waals surface area contributed by atoms with E-state index >= 15 is 0 Å². The molecule has 1 saturated heterocycles. The van der Waals surface area contributed by atoms with Gasteiger partial charge in [-0.2, -0.15) is 0 Å². The lowest BCUT2D eigenvalue weighted by Crippen LogP contribution is -2.37. The van der Waals surface area contributed by atoms with Gasteiger partial charge >= 0.3 is 0 Å². The number of nitrogens with zero attached hydrogens (tertiary/aromatic N) is 1. The van der Waals surface area contributed by atoms with E-state index in [0.717, 1.165) is 53.5 Å². The van der Waals surface area contributed by atoms with Crippen molar-refractivity contribution in [3.05, 3.63) is 65.4 Å². The van der Waals surface area contributed by atoms with Gasteiger partial charge in [0.1, 0.15) is 5.75 Å². The second kappa shape index (κ2) is 8.45. The molecule has 1 unspecified atom stereocenters. The van der Waals surface area contributed by atoms with Crippen LogP contribution in [-0.4, -0.2) is 38.6 Å². The van der Waals surface area contributed by atoms with Crippen LogP contribution >= 0.6 is 0 Å². The molecule has 1 aliphatic rings. The van der Waals surface area contributed by atoms with Crippen molar-refractivity contribution in [1.29, 1.82) is 0 Å². The minimum absolute atomic E-state index is 0.441. The Balaban J connectivity index is 1.71. The Kier molecular flexibility index (Phi) is 5.76. The van der Waals surface area contributed by atoms with Crippen LogP contribution in [0.4, 0.5) is 0 Å². The highest BCUT2D eigenvalue weighted by atomic mass is 32.2. The summed E-state index contributed by atoms with van der Waals surface area (Å²) in [6.45, 7) is 3.58. The summed E-state index contributed by atoms with van der Waals surface area (Å²) in [5, 5.41) is 0.993. The third kappa shape index (κ3) is 4.10. The van der Waals surface area contributed by atoms with Crippen molar-refractivity contribution >= 4 is 34.2 Å². The molecule has 1 fully saturated rings. The summed E-state index contributed by atoms with van der Waals surface area (Å²) in [4.78, 5) is 15.3. The maximum Gasteiger partial charge on any atom is 0.250 e. The van der Waals surface area contributed by atoms with Crippen LogP contribution in [0.1, 0.15) is 35.7 Å². The number of H-pyrrole nitrogens is 1. The Hall–Kier alpha value is -2.54. The fraction of sp³-hybridized carbons (Fsp3) is 0.261. The van der Waals surface area contributed by atoms with Crippen LogP contribution in [0, 0.1) is 0 Å². The van der Waals surface area contributed by atoms with E-state index in [0.29, 0.717) is 11.3 Å². The third-order valence-electron chi connectivity index (χ3n) is 5.45. The molecule has 2 heterocycles. The monoisotopic (exact) mass is 407 g/mol. The highest BCUT2D eigenvalue weighted by Gasteiger charge is 2.23. The van der Waals surface area contributed by atoms with E-state index in [2.05, 4.69) is 17.1 Å². The number of aromatic nitrogens is 1. The Bertz CT molecular complexity index is 1050. The lowest BCUT2D eigenvalue weighted by molar-refractivity contribution is 0.100. The van der Waals surface area contributed by atoms with Gasteiger partial charge in [-0.15, -0.1) is 4.31 Å². The van der Waals surface area contributed by atoms with Gasteiger partial charge < -0.3 is 15.3 Å². The van der Waals surface area contributed by atoms with E-state index in [9.17, 15) is 9.35 Å². The molecule has 29 heavy (non-hydrogen) atoms. The molecule has 2 aromatic carbocycles. The first-order valence-electron chi connectivity index (χ1n) is 9.90. The lowest BCUT2D eigenvalue weighted by Gasteiger charge is -2.28. The van der Waals surface area contributed by atoms with E-state index in [1.165, 1.54) is 5.57 Å². The van der Waals surface area contributed by atoms with Gasteiger partial charge in [0.25, 0.3) is 5.91 Å². The van der Waals surface area contributed by atoms with Gasteiger partial charge in [0.05, 0.1) is 11.1 Å². The standard InChI is InChI=1S/C23H25N3O2S/c1-2-29(28)26-10-8-16(9-11-26)12-19-15-25-22-20(19)13-18(14-21(22)23(24)27)17-6-4-3-5-7-17/h3-7,12-15,25H,2,8-11H2,1H3,(H2,24,27). The van der Waals surface area contributed by atoms with Crippen molar-refractivity contribution in [2.75, 3.05) is 18.8 Å². The number of carbonyl (C=O) groups is 1. The number of hydrogen-bond donors (Lipinski definition) is 2. The lowest BCUT2D eigenvalue weighted by atomic mass is 9.97. The smallest absolute Gasteiger partial charge is 0.250 e. The molecule has 1 amide bonds. The number of hydrogen-bond acceptors (Lipinski definition) is 3. The largest absolute Gasteiger partial charge is 0.598 e. The molecule has 0 radical (unpaired) electrons. The summed E-state index contributed by atoms with van der Waals surface area (Å²) in [5.41, 5.74) is 11.3. The molecule has 0 aliphatic carbocycles. The minimum Gasteiger partial charge on any atom is -0.598 e. The number of aromatic amines is 1. The summed E-state index contributed by atoms with van der Waals surface area (Å²) >= 11 is -0.873. The molecule has 0 bridgehead atoms. The van der Waals surface area contributed by atoms with Gasteiger partial charge in [-0.05, 0) is 48.6 Å². The molecular formula is C23H25N3O2S. The van der Waals surface area contributed by atoms with Gasteiger partial charge in [-0.25, -0.2) is 0 Å². The van der Waals surface area contributed by atoms with Crippen molar-refractivity contribution in [3.8, 4) is 11.1 Å². The van der Waals surface area contributed by atoms with E-state index in [-0.39, 0.29) is 0 Å². The Morgan fingerprint density at radius 2 is 1.93 bits per heavy atom. The molecule has 0 spiro atoms. The normalized spacial score (nSPS) is 16.1. The number of primary amides is 1. The number of carbonyl (C=O) groups excluding carboxylic acids is 1. The van der Waals surface area contributed by atoms with Gasteiger partial charge in [-0.1, -0.05) is 42.0 Å². The zero-order chi connectivity index (χ0) is 20.4. The van der Waals surface area contributed by atoms with Crippen LogP contribution < -0.4 is 5.73 Å². The van der Waals surface area contributed by atoms with Gasteiger partial charge in [0.2, 0.25) is 0 Å². The average molecular weight is 408 g/mol. The van der Waals surface area contributed by atoms with Crippen LogP contribution in [-0.2, 0) is 11.4 Å². The first kappa shape index (κ1) is 19.8.